The molecule has 0 aliphatic carbocycles. The van der Waals surface area contributed by atoms with Crippen LogP contribution in [-0.2, 0) is 0 Å². The van der Waals surface area contributed by atoms with E-state index in [1.807, 2.05) is 18.2 Å². The van der Waals surface area contributed by atoms with E-state index in [1.54, 1.807) is 16.8 Å². The Hall–Kier alpha value is -3.03. The summed E-state index contributed by atoms with van der Waals surface area (Å²) in [5, 5.41) is 18.5. The van der Waals surface area contributed by atoms with Crippen molar-refractivity contribution < 1.29 is 0 Å². The van der Waals surface area contributed by atoms with Crippen LogP contribution in [0.4, 0.5) is 0 Å². The number of fused-ring (bicyclic) bond motifs is 3. The summed E-state index contributed by atoms with van der Waals surface area (Å²) in [4.78, 5) is 14.8. The van der Waals surface area contributed by atoms with Crippen molar-refractivity contribution >= 4 is 16.6 Å². The Balaban J connectivity index is 2.19. The molecule has 0 unspecified atom stereocenters. The third-order valence-electron chi connectivity index (χ3n) is 2.96. The zero-order valence-electron chi connectivity index (χ0n) is 9.53. The minimum absolute atomic E-state index is 0.173. The van der Waals surface area contributed by atoms with Crippen LogP contribution in [0.5, 0.6) is 0 Å². The maximum absolute atomic E-state index is 12.1. The summed E-state index contributed by atoms with van der Waals surface area (Å²) in [6, 6.07) is 7.26. The van der Waals surface area contributed by atoms with Crippen LogP contribution >= 0.6 is 0 Å². The first-order valence-corrected chi connectivity index (χ1v) is 5.57. The zero-order chi connectivity index (χ0) is 12.8. The van der Waals surface area contributed by atoms with Crippen molar-refractivity contribution in [3.63, 3.8) is 0 Å². The van der Waals surface area contributed by atoms with Gasteiger partial charge in [-0.2, -0.15) is 10.3 Å². The molecule has 3 heterocycles. The molecule has 0 fully saturated rings. The molecule has 19 heavy (non-hydrogen) atoms. The van der Waals surface area contributed by atoms with Crippen molar-refractivity contribution in [2.75, 3.05) is 0 Å². The number of nitrogens with one attached hydrogen (secondary N) is 2. The largest absolute Gasteiger partial charge is 0.306 e. The summed E-state index contributed by atoms with van der Waals surface area (Å²) >= 11 is 0. The van der Waals surface area contributed by atoms with Crippen molar-refractivity contribution in [3.05, 3.63) is 40.8 Å². The highest BCUT2D eigenvalue weighted by Gasteiger charge is 2.14. The van der Waals surface area contributed by atoms with E-state index in [0.29, 0.717) is 22.4 Å². The lowest BCUT2D eigenvalue weighted by Gasteiger charge is -2.00. The van der Waals surface area contributed by atoms with Crippen molar-refractivity contribution in [3.8, 4) is 11.4 Å². The van der Waals surface area contributed by atoms with Crippen molar-refractivity contribution in [2.24, 2.45) is 0 Å². The molecule has 0 atom stereocenters. The fraction of sp³-hybridized carbons (Fsp3) is 0. The van der Waals surface area contributed by atoms with E-state index in [-0.39, 0.29) is 5.56 Å². The third-order valence-corrected chi connectivity index (χ3v) is 2.96. The summed E-state index contributed by atoms with van der Waals surface area (Å²) in [7, 11) is 0. The number of rotatable bonds is 1. The number of H-pyrrole nitrogens is 2. The Kier molecular flexibility index (Phi) is 1.82. The van der Waals surface area contributed by atoms with Gasteiger partial charge in [-0.1, -0.05) is 12.1 Å². The van der Waals surface area contributed by atoms with E-state index < -0.39 is 0 Å². The molecule has 4 rings (SSSR count). The maximum Gasteiger partial charge on any atom is 0.259 e. The normalized spacial score (nSPS) is 11.4. The van der Waals surface area contributed by atoms with E-state index >= 15 is 0 Å². The first kappa shape index (κ1) is 9.95. The second-order valence-electron chi connectivity index (χ2n) is 4.03. The number of hydrogen-bond acceptors (Lipinski definition) is 5. The van der Waals surface area contributed by atoms with Gasteiger partial charge in [-0.3, -0.25) is 4.79 Å². The average molecular weight is 253 g/mol. The topological polar surface area (TPSA) is 105 Å². The van der Waals surface area contributed by atoms with Gasteiger partial charge in [-0.05, 0) is 17.3 Å². The molecule has 0 saturated carbocycles. The SMILES string of the molecule is O=c1[nH]c2c(-c3nn[nH]n3)cnn2c2ccccc12. The van der Waals surface area contributed by atoms with Gasteiger partial charge in [-0.25, -0.2) is 4.52 Å². The van der Waals surface area contributed by atoms with Crippen LogP contribution in [-0.4, -0.2) is 35.2 Å². The fourth-order valence-electron chi connectivity index (χ4n) is 2.12. The molecule has 2 N–H and O–H groups in total. The quantitative estimate of drug-likeness (QED) is 0.509. The van der Waals surface area contributed by atoms with Crippen LogP contribution in [0.1, 0.15) is 0 Å². The third kappa shape index (κ3) is 1.30. The molecule has 3 aromatic heterocycles. The Morgan fingerprint density at radius 1 is 1.21 bits per heavy atom. The Morgan fingerprint density at radius 2 is 2.11 bits per heavy atom. The number of hydrogen-bond donors (Lipinski definition) is 2. The number of aromatic nitrogens is 7. The van der Waals surface area contributed by atoms with E-state index in [0.717, 1.165) is 5.52 Å². The number of benzene rings is 1. The molecule has 0 radical (unpaired) electrons. The molecule has 0 bridgehead atoms. The van der Waals surface area contributed by atoms with E-state index in [1.165, 1.54) is 0 Å². The smallest absolute Gasteiger partial charge is 0.259 e. The second-order valence-corrected chi connectivity index (χ2v) is 4.03. The number of nitrogens with zero attached hydrogens (tertiary/aromatic N) is 5. The van der Waals surface area contributed by atoms with Gasteiger partial charge in [0, 0.05) is 0 Å². The lowest BCUT2D eigenvalue weighted by atomic mass is 10.2. The average Bonchev–Trinajstić information content (AvgIpc) is 3.07. The molecule has 0 spiro atoms. The molecular formula is C11H7N7O. The fourth-order valence-corrected chi connectivity index (χ4v) is 2.12. The van der Waals surface area contributed by atoms with E-state index in [9.17, 15) is 4.79 Å². The molecule has 0 aliphatic rings. The van der Waals surface area contributed by atoms with Gasteiger partial charge in [0.2, 0.25) is 5.82 Å². The Bertz CT molecular complexity index is 935. The predicted molar refractivity (Wildman–Crippen MR) is 66.5 cm³/mol. The van der Waals surface area contributed by atoms with Gasteiger partial charge < -0.3 is 4.98 Å². The predicted octanol–water partition coefficient (Wildman–Crippen LogP) is 0.356. The molecule has 0 amide bonds. The van der Waals surface area contributed by atoms with Crippen LogP contribution in [0.15, 0.2) is 35.3 Å². The lowest BCUT2D eigenvalue weighted by molar-refractivity contribution is 0.881. The van der Waals surface area contributed by atoms with Gasteiger partial charge >= 0.3 is 0 Å². The molecular weight excluding hydrogens is 246 g/mol. The number of para-hydroxylation sites is 1. The Labute approximate surface area is 105 Å². The van der Waals surface area contributed by atoms with Crippen molar-refractivity contribution in [1.82, 2.24) is 35.2 Å². The lowest BCUT2D eigenvalue weighted by Crippen LogP contribution is -2.10. The second kappa shape index (κ2) is 3.48. The summed E-state index contributed by atoms with van der Waals surface area (Å²) in [5.41, 5.74) is 1.73. The minimum atomic E-state index is -0.173. The van der Waals surface area contributed by atoms with E-state index in [2.05, 4.69) is 30.7 Å². The van der Waals surface area contributed by atoms with Crippen LogP contribution in [0.3, 0.4) is 0 Å². The first-order chi connectivity index (χ1) is 9.34. The minimum Gasteiger partial charge on any atom is -0.306 e. The molecule has 8 heteroatoms. The molecule has 0 saturated heterocycles. The summed E-state index contributed by atoms with van der Waals surface area (Å²) in [6.45, 7) is 0. The van der Waals surface area contributed by atoms with Crippen LogP contribution in [0.25, 0.3) is 27.9 Å². The first-order valence-electron chi connectivity index (χ1n) is 5.57. The van der Waals surface area contributed by atoms with Gasteiger partial charge in [0.25, 0.3) is 5.56 Å². The molecule has 8 nitrogen and oxygen atoms in total. The molecule has 4 aromatic rings. The van der Waals surface area contributed by atoms with Gasteiger partial charge in [0.15, 0.2) is 0 Å². The zero-order valence-corrected chi connectivity index (χ0v) is 9.53. The highest BCUT2D eigenvalue weighted by molar-refractivity contribution is 5.83. The molecule has 92 valence electrons. The Morgan fingerprint density at radius 3 is 2.95 bits per heavy atom. The molecule has 1 aromatic carbocycles. The summed E-state index contributed by atoms with van der Waals surface area (Å²) in [6.07, 6.45) is 1.60. The van der Waals surface area contributed by atoms with Gasteiger partial charge in [-0.15, -0.1) is 10.2 Å². The van der Waals surface area contributed by atoms with Crippen LogP contribution in [0, 0.1) is 0 Å². The van der Waals surface area contributed by atoms with Crippen molar-refractivity contribution in [1.29, 1.82) is 0 Å². The number of aromatic amines is 2. The highest BCUT2D eigenvalue weighted by atomic mass is 16.1. The highest BCUT2D eigenvalue weighted by Crippen LogP contribution is 2.20. The van der Waals surface area contributed by atoms with Crippen molar-refractivity contribution in [2.45, 2.75) is 0 Å². The van der Waals surface area contributed by atoms with Crippen LogP contribution < -0.4 is 5.56 Å². The number of tetrazole rings is 1. The van der Waals surface area contributed by atoms with Crippen LogP contribution in [0.2, 0.25) is 0 Å². The monoisotopic (exact) mass is 253 g/mol. The summed E-state index contributed by atoms with van der Waals surface area (Å²) < 4.78 is 1.66. The summed E-state index contributed by atoms with van der Waals surface area (Å²) in [5.74, 6) is 0.390. The standard InChI is InChI=1S/C11H7N7O/c19-11-6-3-1-2-4-8(6)18-10(13-11)7(5-12-18)9-14-16-17-15-9/h1-5H,(H,13,19)(H,14,15,16,17). The maximum atomic E-state index is 12.1. The van der Waals surface area contributed by atoms with Gasteiger partial charge in [0.05, 0.1) is 22.7 Å². The van der Waals surface area contributed by atoms with Gasteiger partial charge in [0.1, 0.15) is 5.65 Å². The van der Waals surface area contributed by atoms with E-state index in [4.69, 9.17) is 0 Å². The molecule has 0 aliphatic heterocycles.